The predicted molar refractivity (Wildman–Crippen MR) is 66.9 cm³/mol. The van der Waals surface area contributed by atoms with Crippen molar-refractivity contribution in [2.24, 2.45) is 0 Å². The molecule has 1 heterocycles. The van der Waals surface area contributed by atoms with Gasteiger partial charge in [-0.25, -0.2) is 0 Å². The third-order valence-corrected chi connectivity index (χ3v) is 3.49. The molecule has 3 nitrogen and oxygen atoms in total. The van der Waals surface area contributed by atoms with Crippen molar-refractivity contribution in [3.63, 3.8) is 0 Å². The van der Waals surface area contributed by atoms with Crippen molar-refractivity contribution in [2.75, 3.05) is 13.7 Å². The van der Waals surface area contributed by atoms with Crippen molar-refractivity contribution >= 4 is 28.9 Å². The van der Waals surface area contributed by atoms with Crippen LogP contribution in [0.15, 0.2) is 12.1 Å². The zero-order valence-electron chi connectivity index (χ0n) is 9.70. The van der Waals surface area contributed by atoms with Gasteiger partial charge < -0.3 is 4.74 Å². The molecular weight excluding hydrogens is 246 g/mol. The highest BCUT2D eigenvalue weighted by Crippen LogP contribution is 2.23. The molecule has 1 rings (SSSR count). The lowest BCUT2D eigenvalue weighted by Gasteiger charge is -2.24. The van der Waals surface area contributed by atoms with E-state index in [0.29, 0.717) is 12.6 Å². The van der Waals surface area contributed by atoms with E-state index in [1.807, 2.05) is 17.0 Å². The van der Waals surface area contributed by atoms with Crippen molar-refractivity contribution in [1.29, 1.82) is 0 Å². The summed E-state index contributed by atoms with van der Waals surface area (Å²) in [7, 11) is 1.41. The maximum absolute atomic E-state index is 11.2. The lowest BCUT2D eigenvalue weighted by atomic mass is 10.3. The van der Waals surface area contributed by atoms with E-state index in [2.05, 4.69) is 18.6 Å². The second-order valence-corrected chi connectivity index (χ2v) is 5.58. The van der Waals surface area contributed by atoms with Gasteiger partial charge in [-0.2, -0.15) is 0 Å². The monoisotopic (exact) mass is 261 g/mol. The van der Waals surface area contributed by atoms with E-state index in [9.17, 15) is 4.79 Å². The van der Waals surface area contributed by atoms with Crippen molar-refractivity contribution in [1.82, 2.24) is 4.90 Å². The first kappa shape index (κ1) is 13.5. The van der Waals surface area contributed by atoms with Crippen LogP contribution in [-0.2, 0) is 16.1 Å². The first-order valence-corrected chi connectivity index (χ1v) is 6.27. The highest BCUT2D eigenvalue weighted by atomic mass is 35.5. The largest absolute Gasteiger partial charge is 0.468 e. The quantitative estimate of drug-likeness (QED) is 0.764. The molecule has 0 amide bonds. The van der Waals surface area contributed by atoms with Crippen LogP contribution in [-0.4, -0.2) is 30.6 Å². The summed E-state index contributed by atoms with van der Waals surface area (Å²) in [5.74, 6) is -0.212. The van der Waals surface area contributed by atoms with E-state index in [1.165, 1.54) is 18.4 Å². The van der Waals surface area contributed by atoms with Crippen molar-refractivity contribution < 1.29 is 9.53 Å². The minimum atomic E-state index is -0.212. The van der Waals surface area contributed by atoms with Gasteiger partial charge in [-0.3, -0.25) is 9.69 Å². The Labute approximate surface area is 105 Å². The molecule has 1 aromatic heterocycles. The van der Waals surface area contributed by atoms with Gasteiger partial charge in [0.25, 0.3) is 0 Å². The third-order valence-electron chi connectivity index (χ3n) is 2.28. The lowest BCUT2D eigenvalue weighted by Crippen LogP contribution is -2.35. The molecule has 16 heavy (non-hydrogen) atoms. The fourth-order valence-corrected chi connectivity index (χ4v) is 2.40. The second kappa shape index (κ2) is 6.23. The summed E-state index contributed by atoms with van der Waals surface area (Å²) in [6, 6.07) is 4.15. The van der Waals surface area contributed by atoms with Gasteiger partial charge >= 0.3 is 5.97 Å². The number of hydrogen-bond donors (Lipinski definition) is 0. The van der Waals surface area contributed by atoms with E-state index in [4.69, 9.17) is 11.6 Å². The van der Waals surface area contributed by atoms with Crippen LogP contribution in [0.3, 0.4) is 0 Å². The topological polar surface area (TPSA) is 29.5 Å². The lowest BCUT2D eigenvalue weighted by molar-refractivity contribution is -0.142. The van der Waals surface area contributed by atoms with Gasteiger partial charge in [0.2, 0.25) is 0 Å². The number of nitrogens with zero attached hydrogens (tertiary/aromatic N) is 1. The number of carbonyl (C=O) groups excluding carboxylic acids is 1. The molecule has 0 atom stereocenters. The molecule has 0 spiro atoms. The highest BCUT2D eigenvalue weighted by molar-refractivity contribution is 7.16. The fourth-order valence-electron chi connectivity index (χ4n) is 1.29. The number of hydrogen-bond acceptors (Lipinski definition) is 4. The van der Waals surface area contributed by atoms with Gasteiger partial charge in [0.05, 0.1) is 18.0 Å². The molecule has 0 aromatic carbocycles. The number of halogens is 1. The molecule has 0 aliphatic rings. The Bertz CT molecular complexity index is 352. The minimum Gasteiger partial charge on any atom is -0.468 e. The zero-order chi connectivity index (χ0) is 12.1. The maximum Gasteiger partial charge on any atom is 0.319 e. The second-order valence-electron chi connectivity index (χ2n) is 3.78. The molecule has 5 heteroatoms. The summed E-state index contributed by atoms with van der Waals surface area (Å²) in [4.78, 5) is 14.4. The maximum atomic E-state index is 11.2. The van der Waals surface area contributed by atoms with Gasteiger partial charge in [0.15, 0.2) is 0 Å². The predicted octanol–water partition coefficient (Wildman–Crippen LogP) is 2.78. The summed E-state index contributed by atoms with van der Waals surface area (Å²) in [5, 5.41) is 0. The number of thiophene rings is 1. The summed E-state index contributed by atoms with van der Waals surface area (Å²) >= 11 is 7.40. The Morgan fingerprint density at radius 3 is 2.69 bits per heavy atom. The molecule has 0 radical (unpaired) electrons. The van der Waals surface area contributed by atoms with Crippen LogP contribution in [0, 0.1) is 0 Å². The zero-order valence-corrected chi connectivity index (χ0v) is 11.3. The Hall–Kier alpha value is -0.580. The van der Waals surface area contributed by atoms with E-state index in [-0.39, 0.29) is 5.97 Å². The Kier molecular flexibility index (Phi) is 5.25. The van der Waals surface area contributed by atoms with Crippen molar-refractivity contribution in [3.8, 4) is 0 Å². The first-order chi connectivity index (χ1) is 7.52. The minimum absolute atomic E-state index is 0.212. The Morgan fingerprint density at radius 2 is 2.25 bits per heavy atom. The fraction of sp³-hybridized carbons (Fsp3) is 0.545. The van der Waals surface area contributed by atoms with Crippen LogP contribution in [0.5, 0.6) is 0 Å². The van der Waals surface area contributed by atoms with Gasteiger partial charge in [-0.05, 0) is 26.0 Å². The molecule has 0 saturated heterocycles. The standard InChI is InChI=1S/C11H16ClNO2S/c1-8(2)13(7-11(14)15-3)6-9-4-5-10(12)16-9/h4-5,8H,6-7H2,1-3H3. The first-order valence-electron chi connectivity index (χ1n) is 5.08. The molecule has 0 saturated carbocycles. The molecule has 0 N–H and O–H groups in total. The van der Waals surface area contributed by atoms with Gasteiger partial charge in [-0.1, -0.05) is 11.6 Å². The number of rotatable bonds is 5. The van der Waals surface area contributed by atoms with Crippen LogP contribution in [0.1, 0.15) is 18.7 Å². The normalized spacial score (nSPS) is 11.1. The summed E-state index contributed by atoms with van der Waals surface area (Å²) in [6.45, 7) is 5.14. The molecule has 0 unspecified atom stereocenters. The molecule has 1 aromatic rings. The van der Waals surface area contributed by atoms with Crippen molar-refractivity contribution in [2.45, 2.75) is 26.4 Å². The van der Waals surface area contributed by atoms with E-state index < -0.39 is 0 Å². The molecular formula is C11H16ClNO2S. The highest BCUT2D eigenvalue weighted by Gasteiger charge is 2.15. The number of carbonyl (C=O) groups is 1. The SMILES string of the molecule is COC(=O)CN(Cc1ccc(Cl)s1)C(C)C. The summed E-state index contributed by atoms with van der Waals surface area (Å²) < 4.78 is 5.45. The Balaban J connectivity index is 2.61. The van der Waals surface area contributed by atoms with Crippen molar-refractivity contribution in [3.05, 3.63) is 21.3 Å². The van der Waals surface area contributed by atoms with Crippen LogP contribution in [0.25, 0.3) is 0 Å². The number of esters is 1. The average Bonchev–Trinajstić information content (AvgIpc) is 2.62. The summed E-state index contributed by atoms with van der Waals surface area (Å²) in [6.07, 6.45) is 0. The molecule has 0 aliphatic heterocycles. The molecule has 90 valence electrons. The van der Waals surface area contributed by atoms with Gasteiger partial charge in [-0.15, -0.1) is 11.3 Å². The van der Waals surface area contributed by atoms with Gasteiger partial charge in [0.1, 0.15) is 0 Å². The van der Waals surface area contributed by atoms with Crippen LogP contribution in [0.2, 0.25) is 4.34 Å². The molecule has 0 aliphatic carbocycles. The van der Waals surface area contributed by atoms with E-state index >= 15 is 0 Å². The van der Waals surface area contributed by atoms with E-state index in [0.717, 1.165) is 15.8 Å². The third kappa shape index (κ3) is 4.12. The van der Waals surface area contributed by atoms with Gasteiger partial charge in [0, 0.05) is 17.5 Å². The van der Waals surface area contributed by atoms with Crippen LogP contribution < -0.4 is 0 Å². The number of methoxy groups -OCH3 is 1. The summed E-state index contributed by atoms with van der Waals surface area (Å²) in [5.41, 5.74) is 0. The molecule has 0 bridgehead atoms. The smallest absolute Gasteiger partial charge is 0.319 e. The van der Waals surface area contributed by atoms with E-state index in [1.54, 1.807) is 0 Å². The van der Waals surface area contributed by atoms with Crippen LogP contribution in [0.4, 0.5) is 0 Å². The Morgan fingerprint density at radius 1 is 1.56 bits per heavy atom. The number of ether oxygens (including phenoxy) is 1. The molecule has 0 fully saturated rings. The average molecular weight is 262 g/mol. The van der Waals surface area contributed by atoms with Crippen LogP contribution >= 0.6 is 22.9 Å².